The lowest BCUT2D eigenvalue weighted by Gasteiger charge is -2.37. The van der Waals surface area contributed by atoms with E-state index in [1.54, 1.807) is 0 Å². The molecule has 1 unspecified atom stereocenters. The van der Waals surface area contributed by atoms with Gasteiger partial charge in [-0.25, -0.2) is 15.0 Å². The van der Waals surface area contributed by atoms with Crippen LogP contribution in [0.4, 0.5) is 17.5 Å². The molecular weight excluding hydrogens is 424 g/mol. The Morgan fingerprint density at radius 1 is 1.24 bits per heavy atom. The second kappa shape index (κ2) is 9.26. The summed E-state index contributed by atoms with van der Waals surface area (Å²) in [5, 5.41) is 12.7. The summed E-state index contributed by atoms with van der Waals surface area (Å²) in [7, 11) is 0. The quantitative estimate of drug-likeness (QED) is 0.532. The van der Waals surface area contributed by atoms with E-state index in [0.717, 1.165) is 34.9 Å². The van der Waals surface area contributed by atoms with Gasteiger partial charge in [0.2, 0.25) is 5.95 Å². The number of benzene rings is 1. The summed E-state index contributed by atoms with van der Waals surface area (Å²) in [6, 6.07) is 9.19. The molecule has 2 aliphatic heterocycles. The lowest BCUT2D eigenvalue weighted by Crippen LogP contribution is -2.45. The number of H-pyrrole nitrogens is 1. The number of hydrogen-bond donors (Lipinski definition) is 3. The first-order valence-corrected chi connectivity index (χ1v) is 11.0. The van der Waals surface area contributed by atoms with Crippen molar-refractivity contribution >= 4 is 17.5 Å². The molecule has 2 aliphatic rings. The normalized spacial score (nSPS) is 20.4. The number of hydrogen-bond acceptors (Lipinski definition) is 9. The number of ether oxygens (including phenoxy) is 2. The number of aliphatic hydroxyl groups excluding tert-OH is 1. The van der Waals surface area contributed by atoms with Gasteiger partial charge in [0.25, 0.3) is 5.56 Å². The summed E-state index contributed by atoms with van der Waals surface area (Å²) in [4.78, 5) is 30.3. The topological polar surface area (TPSA) is 125 Å². The molecule has 10 nitrogen and oxygen atoms in total. The van der Waals surface area contributed by atoms with E-state index in [-0.39, 0.29) is 24.3 Å². The van der Waals surface area contributed by atoms with Crippen LogP contribution in [0.15, 0.2) is 41.3 Å². The maximum atomic E-state index is 11.5. The van der Waals surface area contributed by atoms with E-state index in [2.05, 4.69) is 27.1 Å². The van der Waals surface area contributed by atoms with Crippen LogP contribution in [0.3, 0.4) is 0 Å². The van der Waals surface area contributed by atoms with Crippen LogP contribution < -0.4 is 15.8 Å². The van der Waals surface area contributed by atoms with E-state index in [1.807, 2.05) is 24.3 Å². The summed E-state index contributed by atoms with van der Waals surface area (Å²) in [6.45, 7) is 4.50. The van der Waals surface area contributed by atoms with Gasteiger partial charge >= 0.3 is 0 Å². The number of fused-ring (bicyclic) bond motifs is 1. The molecular formula is C23H26N6O4. The van der Waals surface area contributed by atoms with Gasteiger partial charge in [0, 0.05) is 42.0 Å². The van der Waals surface area contributed by atoms with Crippen LogP contribution in [0.1, 0.15) is 18.2 Å². The second-order valence-corrected chi connectivity index (χ2v) is 8.22. The Hall–Kier alpha value is -3.34. The fourth-order valence-electron chi connectivity index (χ4n) is 4.11. The number of aromatic nitrogens is 4. The van der Waals surface area contributed by atoms with Gasteiger partial charge in [0.1, 0.15) is 5.82 Å². The number of anilines is 3. The van der Waals surface area contributed by atoms with E-state index in [9.17, 15) is 9.90 Å². The molecule has 172 valence electrons. The Bertz CT molecular complexity index is 1180. The Labute approximate surface area is 190 Å². The van der Waals surface area contributed by atoms with Crippen molar-refractivity contribution in [3.05, 3.63) is 58.1 Å². The first-order valence-electron chi connectivity index (χ1n) is 11.0. The van der Waals surface area contributed by atoms with Crippen molar-refractivity contribution in [3.8, 4) is 11.4 Å². The van der Waals surface area contributed by atoms with Crippen molar-refractivity contribution in [1.29, 1.82) is 0 Å². The number of aliphatic hydroxyl groups is 1. The molecule has 4 heterocycles. The van der Waals surface area contributed by atoms with E-state index >= 15 is 0 Å². The molecule has 1 saturated heterocycles. The maximum absolute atomic E-state index is 11.5. The van der Waals surface area contributed by atoms with Crippen molar-refractivity contribution in [2.45, 2.75) is 32.1 Å². The third-order valence-corrected chi connectivity index (χ3v) is 5.88. The Kier molecular flexibility index (Phi) is 6.03. The van der Waals surface area contributed by atoms with Gasteiger partial charge in [-0.15, -0.1) is 0 Å². The van der Waals surface area contributed by atoms with Crippen molar-refractivity contribution in [3.63, 3.8) is 0 Å². The van der Waals surface area contributed by atoms with Crippen LogP contribution >= 0.6 is 0 Å². The van der Waals surface area contributed by atoms with Gasteiger partial charge in [-0.1, -0.05) is 0 Å². The molecule has 33 heavy (non-hydrogen) atoms. The standard InChI is InChI=1S/C23H26N6O4/c1-14-12-32-9-8-29(14)22-18-13-33-17(11-30)10-19(18)26-21(28-22)15-2-4-16(5-3-15)25-23-24-7-6-20(31)27-23/h2-7,14,17,30H,8-13H2,1H3,(H2,24,25,27,31)/t14-,17?/m0/s1. The van der Waals surface area contributed by atoms with E-state index in [0.29, 0.717) is 38.0 Å². The molecule has 0 bridgehead atoms. The first-order chi connectivity index (χ1) is 16.1. The van der Waals surface area contributed by atoms with Gasteiger partial charge < -0.3 is 24.8 Å². The highest BCUT2D eigenvalue weighted by Gasteiger charge is 2.29. The van der Waals surface area contributed by atoms with E-state index in [4.69, 9.17) is 19.4 Å². The average molecular weight is 450 g/mol. The smallest absolute Gasteiger partial charge is 0.252 e. The largest absolute Gasteiger partial charge is 0.394 e. The molecule has 0 amide bonds. The van der Waals surface area contributed by atoms with Gasteiger partial charge in [-0.2, -0.15) is 0 Å². The molecule has 10 heteroatoms. The summed E-state index contributed by atoms with van der Waals surface area (Å²) < 4.78 is 11.4. The molecule has 1 fully saturated rings. The van der Waals surface area contributed by atoms with Crippen molar-refractivity contribution in [2.24, 2.45) is 0 Å². The van der Waals surface area contributed by atoms with E-state index in [1.165, 1.54) is 12.3 Å². The number of nitrogens with one attached hydrogen (secondary N) is 2. The molecule has 0 aliphatic carbocycles. The van der Waals surface area contributed by atoms with E-state index < -0.39 is 0 Å². The molecule has 2 atom stereocenters. The SMILES string of the molecule is C[C@H]1COCCN1c1nc(-c2ccc(Nc3nccc(=O)[nH]3)cc2)nc2c1COC(CO)C2. The molecule has 0 radical (unpaired) electrons. The maximum Gasteiger partial charge on any atom is 0.252 e. The third-order valence-electron chi connectivity index (χ3n) is 5.88. The van der Waals surface area contributed by atoms with Crippen molar-refractivity contribution in [2.75, 3.05) is 36.6 Å². The molecule has 0 spiro atoms. The Morgan fingerprint density at radius 2 is 2.09 bits per heavy atom. The highest BCUT2D eigenvalue weighted by atomic mass is 16.5. The zero-order chi connectivity index (χ0) is 22.8. The van der Waals surface area contributed by atoms with Gasteiger partial charge in [-0.05, 0) is 31.2 Å². The van der Waals surface area contributed by atoms with Crippen LogP contribution in [0, 0.1) is 0 Å². The summed E-state index contributed by atoms with van der Waals surface area (Å²) >= 11 is 0. The average Bonchev–Trinajstić information content (AvgIpc) is 2.84. The molecule has 0 saturated carbocycles. The first kappa shape index (κ1) is 21.5. The lowest BCUT2D eigenvalue weighted by molar-refractivity contribution is -0.00827. The second-order valence-electron chi connectivity index (χ2n) is 8.22. The predicted molar refractivity (Wildman–Crippen MR) is 123 cm³/mol. The molecule has 1 aromatic carbocycles. The fraction of sp³-hybridized carbons (Fsp3) is 0.391. The Balaban J connectivity index is 1.48. The van der Waals surface area contributed by atoms with Gasteiger partial charge in [-0.3, -0.25) is 9.78 Å². The number of rotatable bonds is 5. The minimum absolute atomic E-state index is 0.0436. The van der Waals surface area contributed by atoms with Gasteiger partial charge in [0.15, 0.2) is 5.82 Å². The zero-order valence-electron chi connectivity index (χ0n) is 18.3. The summed E-state index contributed by atoms with van der Waals surface area (Å²) in [5.74, 6) is 1.87. The summed E-state index contributed by atoms with van der Waals surface area (Å²) in [5.41, 5.74) is 3.32. The van der Waals surface area contributed by atoms with Crippen LogP contribution in [0.25, 0.3) is 11.4 Å². The highest BCUT2D eigenvalue weighted by Crippen LogP contribution is 2.32. The number of nitrogens with zero attached hydrogens (tertiary/aromatic N) is 4. The molecule has 2 aromatic heterocycles. The predicted octanol–water partition coefficient (Wildman–Crippen LogP) is 1.63. The number of morpholine rings is 1. The van der Waals surface area contributed by atoms with Crippen molar-refractivity contribution in [1.82, 2.24) is 19.9 Å². The van der Waals surface area contributed by atoms with Crippen molar-refractivity contribution < 1.29 is 14.6 Å². The Morgan fingerprint density at radius 3 is 2.85 bits per heavy atom. The van der Waals surface area contributed by atoms with Crippen LogP contribution in [0.2, 0.25) is 0 Å². The zero-order valence-corrected chi connectivity index (χ0v) is 18.3. The minimum atomic E-state index is -0.262. The molecule has 3 N–H and O–H groups in total. The fourth-order valence-corrected chi connectivity index (χ4v) is 4.11. The van der Waals surface area contributed by atoms with Gasteiger partial charge in [0.05, 0.1) is 44.3 Å². The minimum Gasteiger partial charge on any atom is -0.394 e. The van der Waals surface area contributed by atoms with Crippen LogP contribution in [-0.4, -0.2) is 63.6 Å². The number of aromatic amines is 1. The summed E-state index contributed by atoms with van der Waals surface area (Å²) in [6.07, 6.45) is 1.73. The lowest BCUT2D eigenvalue weighted by atomic mass is 10.0. The van der Waals surface area contributed by atoms with Crippen LogP contribution in [-0.2, 0) is 22.5 Å². The molecule has 5 rings (SSSR count). The highest BCUT2D eigenvalue weighted by molar-refractivity contribution is 5.65. The van der Waals surface area contributed by atoms with Crippen LogP contribution in [0.5, 0.6) is 0 Å². The molecule has 3 aromatic rings. The third kappa shape index (κ3) is 4.58. The monoisotopic (exact) mass is 450 g/mol.